The van der Waals surface area contributed by atoms with Crippen molar-refractivity contribution in [1.82, 2.24) is 15.2 Å². The van der Waals surface area contributed by atoms with E-state index in [1.54, 1.807) is 0 Å². The van der Waals surface area contributed by atoms with Crippen LogP contribution in [0.2, 0.25) is 0 Å². The summed E-state index contributed by atoms with van der Waals surface area (Å²) in [4.78, 5) is 42.1. The summed E-state index contributed by atoms with van der Waals surface area (Å²) >= 11 is 0. The quantitative estimate of drug-likeness (QED) is 0.213. The molecule has 1 atom stereocenters. The van der Waals surface area contributed by atoms with Crippen LogP contribution in [-0.4, -0.2) is 64.5 Å². The maximum Gasteiger partial charge on any atom is 0.419 e. The molecule has 2 aliphatic heterocycles. The van der Waals surface area contributed by atoms with Gasteiger partial charge in [0.25, 0.3) is 11.8 Å². The van der Waals surface area contributed by atoms with Crippen molar-refractivity contribution in [3.05, 3.63) is 46.0 Å². The highest BCUT2D eigenvalue weighted by atomic mass is 19.4. The van der Waals surface area contributed by atoms with Gasteiger partial charge >= 0.3 is 6.18 Å². The number of aryl methyl sites for hydroxylation is 1. The van der Waals surface area contributed by atoms with Crippen LogP contribution in [0.3, 0.4) is 0 Å². The molecule has 0 bridgehead atoms. The Bertz CT molecular complexity index is 1410. The molecule has 0 radical (unpaired) electrons. The molecular weight excluding hydrogens is 558 g/mol. The molecule has 2 aliphatic rings. The minimum absolute atomic E-state index is 0.0392. The van der Waals surface area contributed by atoms with Crippen molar-refractivity contribution >= 4 is 40.7 Å². The number of halogens is 4. The number of anilines is 2. The number of hydrogen-bond acceptors (Lipinski definition) is 5. The van der Waals surface area contributed by atoms with Gasteiger partial charge in [-0.2, -0.15) is 13.2 Å². The fraction of sp³-hybridized carbons (Fsp3) is 0.483. The second kappa shape index (κ2) is 12.3. The lowest BCUT2D eigenvalue weighted by Gasteiger charge is -2.35. The van der Waals surface area contributed by atoms with Gasteiger partial charge in [-0.3, -0.25) is 14.4 Å². The topological polar surface area (TPSA) is 127 Å². The van der Waals surface area contributed by atoms with Gasteiger partial charge in [-0.15, -0.1) is 0 Å². The maximum absolute atomic E-state index is 14.4. The third-order valence-electron chi connectivity index (χ3n) is 7.70. The van der Waals surface area contributed by atoms with E-state index in [2.05, 4.69) is 25.8 Å². The SMILES string of the molecule is CCC(O)(CCNC(=O)c1c(C)[nH]c(/C=C2\C(=O)Nc3c(NC(C)=O)cc(F)cc32)c1C(F)(F)F)CN1CCCCC1. The van der Waals surface area contributed by atoms with E-state index in [1.165, 1.54) is 13.8 Å². The zero-order valence-corrected chi connectivity index (χ0v) is 23.7. The van der Waals surface area contributed by atoms with Crippen molar-refractivity contribution in [1.29, 1.82) is 0 Å². The number of hydrogen-bond donors (Lipinski definition) is 5. The first-order valence-corrected chi connectivity index (χ1v) is 13.9. The third kappa shape index (κ3) is 6.84. The first-order chi connectivity index (χ1) is 19.7. The summed E-state index contributed by atoms with van der Waals surface area (Å²) in [5.74, 6) is -3.13. The Balaban J connectivity index is 1.61. The second-order valence-electron chi connectivity index (χ2n) is 10.9. The first kappa shape index (κ1) is 31.2. The maximum atomic E-state index is 14.4. The number of benzene rings is 1. The minimum atomic E-state index is -4.98. The number of nitrogens with zero attached hydrogens (tertiary/aromatic N) is 1. The average Bonchev–Trinajstić information content (AvgIpc) is 3.40. The number of amides is 3. The van der Waals surface area contributed by atoms with Crippen molar-refractivity contribution in [2.75, 3.05) is 36.8 Å². The van der Waals surface area contributed by atoms with E-state index in [0.29, 0.717) is 13.0 Å². The third-order valence-corrected chi connectivity index (χ3v) is 7.70. The summed E-state index contributed by atoms with van der Waals surface area (Å²) in [5, 5.41) is 18.4. The molecule has 1 aromatic heterocycles. The largest absolute Gasteiger partial charge is 0.419 e. The number of aromatic nitrogens is 1. The fourth-order valence-electron chi connectivity index (χ4n) is 5.57. The Labute approximate surface area is 240 Å². The summed E-state index contributed by atoms with van der Waals surface area (Å²) < 4.78 is 57.4. The summed E-state index contributed by atoms with van der Waals surface area (Å²) in [5.41, 5.74) is -3.96. The van der Waals surface area contributed by atoms with Crippen molar-refractivity contribution in [2.45, 2.75) is 64.7 Å². The molecule has 0 aliphatic carbocycles. The molecule has 1 unspecified atom stereocenters. The van der Waals surface area contributed by atoms with Crippen LogP contribution in [0.25, 0.3) is 11.6 Å². The van der Waals surface area contributed by atoms with Crippen LogP contribution < -0.4 is 16.0 Å². The molecule has 0 saturated carbocycles. The van der Waals surface area contributed by atoms with Gasteiger partial charge in [0.2, 0.25) is 5.91 Å². The highest BCUT2D eigenvalue weighted by Gasteiger charge is 2.41. The lowest BCUT2D eigenvalue weighted by molar-refractivity contribution is -0.138. The van der Waals surface area contributed by atoms with E-state index in [1.807, 2.05) is 6.92 Å². The number of rotatable bonds is 9. The molecule has 42 heavy (non-hydrogen) atoms. The molecule has 0 spiro atoms. The Morgan fingerprint density at radius 1 is 1.17 bits per heavy atom. The van der Waals surface area contributed by atoms with Crippen LogP contribution in [0.5, 0.6) is 0 Å². The lowest BCUT2D eigenvalue weighted by atomic mass is 9.94. The van der Waals surface area contributed by atoms with Gasteiger partial charge in [-0.25, -0.2) is 4.39 Å². The molecule has 2 aromatic rings. The van der Waals surface area contributed by atoms with Crippen LogP contribution >= 0.6 is 0 Å². The van der Waals surface area contributed by atoms with Gasteiger partial charge in [0.1, 0.15) is 5.82 Å². The number of carbonyl (C=O) groups is 3. The monoisotopic (exact) mass is 593 g/mol. The fourth-order valence-corrected chi connectivity index (χ4v) is 5.57. The second-order valence-corrected chi connectivity index (χ2v) is 10.9. The first-order valence-electron chi connectivity index (χ1n) is 13.9. The van der Waals surface area contributed by atoms with Gasteiger partial charge in [0.05, 0.1) is 39.4 Å². The number of piperidine rings is 1. The predicted octanol–water partition coefficient (Wildman–Crippen LogP) is 4.68. The molecule has 5 N–H and O–H groups in total. The van der Waals surface area contributed by atoms with Crippen LogP contribution in [0.1, 0.15) is 78.8 Å². The molecular formula is C29H35F4N5O4. The van der Waals surface area contributed by atoms with Crippen molar-refractivity contribution in [3.63, 3.8) is 0 Å². The number of nitrogens with one attached hydrogen (secondary N) is 4. The molecule has 1 saturated heterocycles. The smallest absolute Gasteiger partial charge is 0.388 e. The van der Waals surface area contributed by atoms with Gasteiger partial charge in [0, 0.05) is 31.3 Å². The molecule has 1 fully saturated rings. The summed E-state index contributed by atoms with van der Waals surface area (Å²) in [7, 11) is 0. The Morgan fingerprint density at radius 2 is 1.86 bits per heavy atom. The lowest BCUT2D eigenvalue weighted by Crippen LogP contribution is -2.46. The molecule has 9 nitrogen and oxygen atoms in total. The number of fused-ring (bicyclic) bond motifs is 1. The number of likely N-dealkylation sites (tertiary alicyclic amines) is 1. The number of carbonyl (C=O) groups excluding carboxylic acids is 3. The molecule has 3 heterocycles. The number of aromatic amines is 1. The molecule has 228 valence electrons. The van der Waals surface area contributed by atoms with Gasteiger partial charge in [-0.1, -0.05) is 13.3 Å². The normalized spacial score (nSPS) is 18.0. The van der Waals surface area contributed by atoms with Crippen molar-refractivity contribution in [3.8, 4) is 0 Å². The molecule has 3 amide bonds. The van der Waals surface area contributed by atoms with Crippen LogP contribution in [0, 0.1) is 12.7 Å². The van der Waals surface area contributed by atoms with E-state index in [0.717, 1.165) is 50.6 Å². The Morgan fingerprint density at radius 3 is 2.48 bits per heavy atom. The average molecular weight is 594 g/mol. The van der Waals surface area contributed by atoms with Gasteiger partial charge in [0.15, 0.2) is 0 Å². The summed E-state index contributed by atoms with van der Waals surface area (Å²) in [6.45, 7) is 6.43. The molecule has 4 rings (SSSR count). The van der Waals surface area contributed by atoms with Crippen LogP contribution in [-0.2, 0) is 15.8 Å². The zero-order chi connectivity index (χ0) is 30.8. The number of aliphatic hydroxyl groups is 1. The highest BCUT2D eigenvalue weighted by Crippen LogP contribution is 2.42. The van der Waals surface area contributed by atoms with E-state index in [4.69, 9.17) is 0 Å². The Kier molecular flexibility index (Phi) is 9.12. The van der Waals surface area contributed by atoms with E-state index in [9.17, 15) is 37.1 Å². The van der Waals surface area contributed by atoms with E-state index >= 15 is 0 Å². The van der Waals surface area contributed by atoms with Gasteiger partial charge < -0.3 is 30.9 Å². The number of β-amino-alcohol motifs (C(OH)–C–C–N with tert-alkyl or cyclic N) is 1. The van der Waals surface area contributed by atoms with E-state index < -0.39 is 52.1 Å². The van der Waals surface area contributed by atoms with Crippen LogP contribution in [0.15, 0.2) is 12.1 Å². The number of alkyl halides is 3. The zero-order valence-electron chi connectivity index (χ0n) is 23.7. The Hall–Kier alpha value is -3.71. The van der Waals surface area contributed by atoms with Gasteiger partial charge in [-0.05, 0) is 63.9 Å². The highest BCUT2D eigenvalue weighted by molar-refractivity contribution is 6.36. The summed E-state index contributed by atoms with van der Waals surface area (Å²) in [6.07, 6.45) is -0.266. The summed E-state index contributed by atoms with van der Waals surface area (Å²) in [6, 6.07) is 1.96. The molecule has 13 heteroatoms. The van der Waals surface area contributed by atoms with Crippen molar-refractivity contribution in [2.24, 2.45) is 0 Å². The van der Waals surface area contributed by atoms with Crippen LogP contribution in [0.4, 0.5) is 28.9 Å². The standard InChI is InChI=1S/C29H35F4N5O4/c1-4-28(42,15-38-10-6-5-7-11-38)8-9-34-27(41)23-16(2)35-21(24(23)29(31,32)33)14-20-19-12-18(30)13-22(36-17(3)39)25(19)37-26(20)40/h12-14,35,42H,4-11,15H2,1-3H3,(H,34,41)(H,36,39)(H,37,40)/b20-14-. The van der Waals surface area contributed by atoms with E-state index in [-0.39, 0.29) is 41.2 Å². The number of H-pyrrole nitrogens is 1. The van der Waals surface area contributed by atoms with Crippen molar-refractivity contribution < 1.29 is 37.1 Å². The minimum Gasteiger partial charge on any atom is -0.388 e. The predicted molar refractivity (Wildman–Crippen MR) is 150 cm³/mol. The molecule has 1 aromatic carbocycles.